The van der Waals surface area contributed by atoms with Gasteiger partial charge in [-0.05, 0) is 49.4 Å². The van der Waals surface area contributed by atoms with Crippen molar-refractivity contribution in [3.05, 3.63) is 71.6 Å². The van der Waals surface area contributed by atoms with E-state index < -0.39 is 43.1 Å². The molecule has 0 aliphatic carbocycles. The summed E-state index contributed by atoms with van der Waals surface area (Å²) in [5, 5.41) is 16.4. The maximum atomic E-state index is 14.6. The van der Waals surface area contributed by atoms with Gasteiger partial charge in [0.2, 0.25) is 5.60 Å². The molecule has 14 heteroatoms. The molecular weight excluding hydrogens is 566 g/mol. The van der Waals surface area contributed by atoms with Crippen molar-refractivity contribution in [2.45, 2.75) is 51.1 Å². The second kappa shape index (κ2) is 11.3. The number of nitrogens with zero attached hydrogens (tertiary/aromatic N) is 3. The molecule has 0 bridgehead atoms. The second-order valence-electron chi connectivity index (χ2n) is 10.5. The quantitative estimate of drug-likeness (QED) is 0.114. The Labute approximate surface area is 233 Å². The summed E-state index contributed by atoms with van der Waals surface area (Å²) in [6.45, 7) is 8.29. The fourth-order valence-corrected chi connectivity index (χ4v) is 5.52. The predicted molar refractivity (Wildman–Crippen MR) is 149 cm³/mol. The van der Waals surface area contributed by atoms with E-state index in [1.807, 2.05) is 0 Å². The number of hydrogen-bond acceptors (Lipinski definition) is 6. The van der Waals surface area contributed by atoms with Crippen molar-refractivity contribution >= 4 is 46.5 Å². The van der Waals surface area contributed by atoms with Gasteiger partial charge in [0.25, 0.3) is 0 Å². The summed E-state index contributed by atoms with van der Waals surface area (Å²) in [6, 6.07) is 8.95. The van der Waals surface area contributed by atoms with E-state index in [-0.39, 0.29) is 11.9 Å². The van der Waals surface area contributed by atoms with Crippen LogP contribution in [-0.2, 0) is 17.1 Å². The van der Waals surface area contributed by atoms with Gasteiger partial charge in [0.15, 0.2) is 11.0 Å². The standard InChI is InChI=1S/C26H29F4N5O3SSi/c1-16-14-31-22(35(16)15-38-11-12-40(2,3)4)25(37,26(28,29)30)17-5-10-20-21(13-17)39-24(33-20)34-23(36)32-19-8-6-18(27)7-9-19/h5-10,13-14,37H,11-12,15H2,1-4H3,(H2,32,33,34,36). The van der Waals surface area contributed by atoms with Crippen LogP contribution < -0.4 is 10.6 Å². The lowest BCUT2D eigenvalue weighted by Crippen LogP contribution is -2.45. The normalized spacial score (nSPS) is 13.8. The molecule has 0 radical (unpaired) electrons. The van der Waals surface area contributed by atoms with Crippen LogP contribution in [0.1, 0.15) is 17.1 Å². The molecule has 2 heterocycles. The Bertz CT molecular complexity index is 1500. The van der Waals surface area contributed by atoms with Crippen molar-refractivity contribution in [3.8, 4) is 0 Å². The Morgan fingerprint density at radius 1 is 1.12 bits per heavy atom. The molecule has 0 saturated carbocycles. The van der Waals surface area contributed by atoms with Crippen LogP contribution in [0.2, 0.25) is 25.7 Å². The number of aryl methyl sites for hydroxylation is 1. The van der Waals surface area contributed by atoms with Crippen LogP contribution in [0.5, 0.6) is 0 Å². The lowest BCUT2D eigenvalue weighted by Gasteiger charge is -2.31. The third-order valence-corrected chi connectivity index (χ3v) is 8.77. The number of anilines is 2. The molecule has 0 aliphatic rings. The third-order valence-electron chi connectivity index (χ3n) is 6.13. The molecule has 4 rings (SSSR count). The van der Waals surface area contributed by atoms with Gasteiger partial charge in [0, 0.05) is 37.8 Å². The molecule has 40 heavy (non-hydrogen) atoms. The van der Waals surface area contributed by atoms with E-state index in [4.69, 9.17) is 4.74 Å². The number of benzene rings is 2. The van der Waals surface area contributed by atoms with Crippen molar-refractivity contribution < 1.29 is 32.2 Å². The molecule has 1 unspecified atom stereocenters. The number of carbonyl (C=O) groups is 1. The Morgan fingerprint density at radius 3 is 2.48 bits per heavy atom. The van der Waals surface area contributed by atoms with Gasteiger partial charge < -0.3 is 19.7 Å². The lowest BCUT2D eigenvalue weighted by molar-refractivity contribution is -0.252. The number of alkyl halides is 3. The number of amides is 2. The summed E-state index contributed by atoms with van der Waals surface area (Å²) in [5.41, 5.74) is -2.82. The topological polar surface area (TPSA) is 101 Å². The number of halogens is 4. The fraction of sp³-hybridized carbons (Fsp3) is 0.346. The maximum absolute atomic E-state index is 14.6. The van der Waals surface area contributed by atoms with Gasteiger partial charge in [-0.1, -0.05) is 37.0 Å². The summed E-state index contributed by atoms with van der Waals surface area (Å²) >= 11 is 0.934. The monoisotopic (exact) mass is 595 g/mol. The molecule has 3 N–H and O–H groups in total. The number of aromatic nitrogens is 3. The average molecular weight is 596 g/mol. The molecule has 0 aliphatic heterocycles. The van der Waals surface area contributed by atoms with Crippen LogP contribution in [0, 0.1) is 12.7 Å². The summed E-state index contributed by atoms with van der Waals surface area (Å²) in [5.74, 6) is -1.06. The zero-order valence-electron chi connectivity index (χ0n) is 22.3. The minimum Gasteiger partial charge on any atom is -0.370 e. The molecule has 4 aromatic rings. The highest BCUT2D eigenvalue weighted by atomic mass is 32.1. The minimum absolute atomic E-state index is 0.121. The number of urea groups is 1. The molecule has 0 fully saturated rings. The number of carbonyl (C=O) groups excluding carboxylic acids is 1. The van der Waals surface area contributed by atoms with Gasteiger partial charge in [-0.25, -0.2) is 19.2 Å². The van der Waals surface area contributed by atoms with Crippen molar-refractivity contribution in [2.24, 2.45) is 0 Å². The number of ether oxygens (including phenoxy) is 1. The van der Waals surface area contributed by atoms with Crippen molar-refractivity contribution in [2.75, 3.05) is 17.2 Å². The van der Waals surface area contributed by atoms with Crippen molar-refractivity contribution in [1.82, 2.24) is 14.5 Å². The molecule has 8 nitrogen and oxygen atoms in total. The molecular formula is C26H29F4N5O3SSi. The first-order chi connectivity index (χ1) is 18.7. The van der Waals surface area contributed by atoms with Crippen LogP contribution in [0.15, 0.2) is 48.7 Å². The first-order valence-electron chi connectivity index (χ1n) is 12.3. The first kappa shape index (κ1) is 29.6. The smallest absolute Gasteiger partial charge is 0.370 e. The molecule has 0 spiro atoms. The summed E-state index contributed by atoms with van der Waals surface area (Å²) < 4.78 is 64.0. The van der Waals surface area contributed by atoms with Gasteiger partial charge in [0.05, 0.1) is 10.2 Å². The predicted octanol–water partition coefficient (Wildman–Crippen LogP) is 6.69. The highest BCUT2D eigenvalue weighted by Gasteiger charge is 2.59. The molecule has 1 atom stereocenters. The number of imidazole rings is 1. The largest absolute Gasteiger partial charge is 0.428 e. The van der Waals surface area contributed by atoms with E-state index in [0.717, 1.165) is 23.4 Å². The minimum atomic E-state index is -5.12. The van der Waals surface area contributed by atoms with E-state index in [2.05, 4.69) is 40.2 Å². The molecule has 0 saturated heterocycles. The number of aliphatic hydroxyl groups is 1. The van der Waals surface area contributed by atoms with E-state index in [0.29, 0.717) is 28.2 Å². The van der Waals surface area contributed by atoms with Gasteiger partial charge in [-0.3, -0.25) is 5.32 Å². The Hall–Kier alpha value is -3.33. The highest BCUT2D eigenvalue weighted by Crippen LogP contribution is 2.45. The molecule has 2 amide bonds. The van der Waals surface area contributed by atoms with Crippen LogP contribution in [0.3, 0.4) is 0 Å². The van der Waals surface area contributed by atoms with Crippen LogP contribution >= 0.6 is 11.3 Å². The lowest BCUT2D eigenvalue weighted by atomic mass is 9.92. The number of rotatable bonds is 9. The van der Waals surface area contributed by atoms with Gasteiger partial charge in [-0.2, -0.15) is 13.2 Å². The first-order valence-corrected chi connectivity index (χ1v) is 16.8. The van der Waals surface area contributed by atoms with Gasteiger partial charge >= 0.3 is 12.2 Å². The van der Waals surface area contributed by atoms with Crippen LogP contribution in [-0.4, -0.2) is 46.5 Å². The van der Waals surface area contributed by atoms with E-state index in [1.54, 1.807) is 6.92 Å². The number of thiazole rings is 1. The average Bonchev–Trinajstić information content (AvgIpc) is 3.43. The third kappa shape index (κ3) is 6.51. The Balaban J connectivity index is 1.60. The molecule has 2 aromatic carbocycles. The molecule has 214 valence electrons. The highest BCUT2D eigenvalue weighted by molar-refractivity contribution is 7.22. The van der Waals surface area contributed by atoms with E-state index >= 15 is 0 Å². The van der Waals surface area contributed by atoms with Gasteiger partial charge in [0.1, 0.15) is 12.5 Å². The van der Waals surface area contributed by atoms with Crippen LogP contribution in [0.25, 0.3) is 10.2 Å². The second-order valence-corrected chi connectivity index (χ2v) is 17.1. The number of fused-ring (bicyclic) bond motifs is 1. The zero-order chi connectivity index (χ0) is 29.3. The summed E-state index contributed by atoms with van der Waals surface area (Å²) in [4.78, 5) is 20.5. The number of hydrogen-bond donors (Lipinski definition) is 3. The summed E-state index contributed by atoms with van der Waals surface area (Å²) in [7, 11) is -1.41. The van der Waals surface area contributed by atoms with E-state index in [9.17, 15) is 27.5 Å². The van der Waals surface area contributed by atoms with Crippen LogP contribution in [0.4, 0.5) is 33.2 Å². The van der Waals surface area contributed by atoms with Crippen molar-refractivity contribution in [1.29, 1.82) is 0 Å². The summed E-state index contributed by atoms with van der Waals surface area (Å²) in [6.07, 6.45) is -3.85. The number of nitrogens with one attached hydrogen (secondary N) is 2. The van der Waals surface area contributed by atoms with Gasteiger partial charge in [-0.15, -0.1) is 0 Å². The Morgan fingerprint density at radius 2 is 1.82 bits per heavy atom. The Kier molecular flexibility index (Phi) is 8.35. The van der Waals surface area contributed by atoms with Crippen molar-refractivity contribution in [3.63, 3.8) is 0 Å². The zero-order valence-corrected chi connectivity index (χ0v) is 24.1. The SMILES string of the molecule is Cc1cnc(C(O)(c2ccc3nc(NC(=O)Nc4ccc(F)cc4)sc3c2)C(F)(F)F)n1COCC[Si](C)(C)C. The maximum Gasteiger partial charge on any atom is 0.428 e. The molecule has 2 aromatic heterocycles. The van der Waals surface area contributed by atoms with E-state index in [1.165, 1.54) is 47.2 Å². The fourth-order valence-electron chi connectivity index (χ4n) is 3.86.